The van der Waals surface area contributed by atoms with E-state index < -0.39 is 10.0 Å². The predicted octanol–water partition coefficient (Wildman–Crippen LogP) is 2.55. The Morgan fingerprint density at radius 1 is 1.10 bits per heavy atom. The highest BCUT2D eigenvalue weighted by Gasteiger charge is 2.11. The highest BCUT2D eigenvalue weighted by atomic mass is 32.2. The Kier molecular flexibility index (Phi) is 3.62. The molecular formula is C15H15N3O2S. The molecular weight excluding hydrogens is 286 g/mol. The van der Waals surface area contributed by atoms with E-state index in [1.165, 1.54) is 0 Å². The zero-order valence-electron chi connectivity index (χ0n) is 11.3. The number of sulfonamides is 1. The number of nitrogens with zero attached hydrogens (tertiary/aromatic N) is 1. The maximum atomic E-state index is 12.1. The highest BCUT2D eigenvalue weighted by Crippen LogP contribution is 2.17. The summed E-state index contributed by atoms with van der Waals surface area (Å²) in [4.78, 5) is 0. The molecule has 3 rings (SSSR count). The van der Waals surface area contributed by atoms with Gasteiger partial charge >= 0.3 is 0 Å². The maximum Gasteiger partial charge on any atom is 0.233 e. The summed E-state index contributed by atoms with van der Waals surface area (Å²) in [6.07, 6.45) is 2.19. The van der Waals surface area contributed by atoms with Crippen LogP contribution in [-0.2, 0) is 16.4 Å². The van der Waals surface area contributed by atoms with Gasteiger partial charge < -0.3 is 0 Å². The van der Waals surface area contributed by atoms with Crippen LogP contribution in [0.15, 0.2) is 54.7 Å². The number of aromatic amines is 1. The van der Waals surface area contributed by atoms with Gasteiger partial charge in [0.1, 0.15) is 0 Å². The number of fused-ring (bicyclic) bond motifs is 1. The molecule has 0 aliphatic rings. The van der Waals surface area contributed by atoms with Crippen LogP contribution in [0.25, 0.3) is 10.9 Å². The summed E-state index contributed by atoms with van der Waals surface area (Å²) in [6, 6.07) is 14.9. The SMILES string of the molecule is O=S(=O)(CCc1ccccc1)Nc1ccc2cn[nH]c2c1. The lowest BCUT2D eigenvalue weighted by Gasteiger charge is -2.08. The second kappa shape index (κ2) is 5.57. The molecule has 3 aromatic rings. The summed E-state index contributed by atoms with van der Waals surface area (Å²) in [5, 5.41) is 7.68. The van der Waals surface area contributed by atoms with Crippen molar-refractivity contribution in [2.75, 3.05) is 10.5 Å². The van der Waals surface area contributed by atoms with Gasteiger partial charge in [-0.1, -0.05) is 30.3 Å². The molecule has 0 radical (unpaired) electrons. The Hall–Kier alpha value is -2.34. The largest absolute Gasteiger partial charge is 0.283 e. The fourth-order valence-corrected chi connectivity index (χ4v) is 3.22. The van der Waals surface area contributed by atoms with E-state index >= 15 is 0 Å². The summed E-state index contributed by atoms with van der Waals surface area (Å²) in [6.45, 7) is 0. The monoisotopic (exact) mass is 301 g/mol. The van der Waals surface area contributed by atoms with Gasteiger partial charge in [-0.3, -0.25) is 9.82 Å². The third-order valence-corrected chi connectivity index (χ3v) is 4.51. The Bertz CT molecular complexity index is 841. The normalized spacial score (nSPS) is 11.6. The molecule has 0 aliphatic heterocycles. The lowest BCUT2D eigenvalue weighted by atomic mass is 10.2. The Morgan fingerprint density at radius 2 is 1.90 bits per heavy atom. The van der Waals surface area contributed by atoms with Gasteiger partial charge in [-0.05, 0) is 30.2 Å². The second-order valence-corrected chi connectivity index (χ2v) is 6.67. The van der Waals surface area contributed by atoms with Crippen LogP contribution in [0.4, 0.5) is 5.69 Å². The number of benzene rings is 2. The second-order valence-electron chi connectivity index (χ2n) is 4.83. The zero-order chi connectivity index (χ0) is 14.7. The minimum Gasteiger partial charge on any atom is -0.283 e. The molecule has 1 aromatic heterocycles. The van der Waals surface area contributed by atoms with E-state index in [-0.39, 0.29) is 5.75 Å². The summed E-state index contributed by atoms with van der Waals surface area (Å²) in [5.41, 5.74) is 2.35. The van der Waals surface area contributed by atoms with Crippen LogP contribution < -0.4 is 4.72 Å². The Balaban J connectivity index is 1.70. The highest BCUT2D eigenvalue weighted by molar-refractivity contribution is 7.92. The van der Waals surface area contributed by atoms with E-state index in [9.17, 15) is 8.42 Å². The molecule has 5 nitrogen and oxygen atoms in total. The van der Waals surface area contributed by atoms with Crippen molar-refractivity contribution < 1.29 is 8.42 Å². The molecule has 0 spiro atoms. The van der Waals surface area contributed by atoms with Gasteiger partial charge in [0.15, 0.2) is 0 Å². The molecule has 0 fully saturated rings. The fraction of sp³-hybridized carbons (Fsp3) is 0.133. The van der Waals surface area contributed by atoms with E-state index in [1.54, 1.807) is 18.3 Å². The van der Waals surface area contributed by atoms with Crippen molar-refractivity contribution in [3.8, 4) is 0 Å². The van der Waals surface area contributed by atoms with Crippen LogP contribution in [0, 0.1) is 0 Å². The first kappa shape index (κ1) is 13.6. The van der Waals surface area contributed by atoms with Crippen molar-refractivity contribution in [3.05, 3.63) is 60.3 Å². The van der Waals surface area contributed by atoms with Crippen molar-refractivity contribution in [1.29, 1.82) is 0 Å². The first-order valence-electron chi connectivity index (χ1n) is 6.60. The number of rotatable bonds is 5. The number of H-pyrrole nitrogens is 1. The van der Waals surface area contributed by atoms with Gasteiger partial charge in [-0.15, -0.1) is 0 Å². The molecule has 6 heteroatoms. The van der Waals surface area contributed by atoms with Crippen molar-refractivity contribution >= 4 is 26.6 Å². The molecule has 21 heavy (non-hydrogen) atoms. The number of hydrogen-bond donors (Lipinski definition) is 2. The smallest absolute Gasteiger partial charge is 0.233 e. The molecule has 108 valence electrons. The number of aryl methyl sites for hydroxylation is 1. The lowest BCUT2D eigenvalue weighted by molar-refractivity contribution is 0.600. The van der Waals surface area contributed by atoms with Crippen molar-refractivity contribution in [3.63, 3.8) is 0 Å². The summed E-state index contributed by atoms with van der Waals surface area (Å²) >= 11 is 0. The fourth-order valence-electron chi connectivity index (χ4n) is 2.13. The van der Waals surface area contributed by atoms with Crippen molar-refractivity contribution in [2.24, 2.45) is 0 Å². The van der Waals surface area contributed by atoms with Crippen LogP contribution in [0.1, 0.15) is 5.56 Å². The van der Waals surface area contributed by atoms with Gasteiger partial charge in [0.05, 0.1) is 23.2 Å². The van der Waals surface area contributed by atoms with Gasteiger partial charge in [-0.2, -0.15) is 5.10 Å². The van der Waals surface area contributed by atoms with Gasteiger partial charge in [0.2, 0.25) is 10.0 Å². The average molecular weight is 301 g/mol. The Morgan fingerprint density at radius 3 is 2.71 bits per heavy atom. The number of nitrogens with one attached hydrogen (secondary N) is 2. The van der Waals surface area contributed by atoms with E-state index in [1.807, 2.05) is 36.4 Å². The number of anilines is 1. The van der Waals surface area contributed by atoms with Gasteiger partial charge in [0.25, 0.3) is 0 Å². The van der Waals surface area contributed by atoms with Gasteiger partial charge in [-0.25, -0.2) is 8.42 Å². The summed E-state index contributed by atoms with van der Waals surface area (Å²) in [7, 11) is -3.37. The number of hydrogen-bond acceptors (Lipinski definition) is 3. The Labute approximate surface area is 123 Å². The molecule has 2 aromatic carbocycles. The van der Waals surface area contributed by atoms with Crippen LogP contribution in [-0.4, -0.2) is 24.4 Å². The molecule has 0 aliphatic carbocycles. The van der Waals surface area contributed by atoms with E-state index in [0.29, 0.717) is 12.1 Å². The topological polar surface area (TPSA) is 74.8 Å². The van der Waals surface area contributed by atoms with Crippen molar-refractivity contribution in [2.45, 2.75) is 6.42 Å². The van der Waals surface area contributed by atoms with Crippen LogP contribution >= 0.6 is 0 Å². The summed E-state index contributed by atoms with van der Waals surface area (Å²) < 4.78 is 26.8. The standard InChI is InChI=1S/C15H15N3O2S/c19-21(20,9-8-12-4-2-1-3-5-12)18-14-7-6-13-11-16-17-15(13)10-14/h1-7,10-11,18H,8-9H2,(H,16,17). The molecule has 0 amide bonds. The predicted molar refractivity (Wildman–Crippen MR) is 83.6 cm³/mol. The molecule has 2 N–H and O–H groups in total. The maximum absolute atomic E-state index is 12.1. The molecule has 0 saturated carbocycles. The first-order chi connectivity index (χ1) is 10.1. The van der Waals surface area contributed by atoms with Crippen LogP contribution in [0.5, 0.6) is 0 Å². The van der Waals surface area contributed by atoms with Crippen molar-refractivity contribution in [1.82, 2.24) is 10.2 Å². The average Bonchev–Trinajstić information content (AvgIpc) is 2.93. The quantitative estimate of drug-likeness (QED) is 0.760. The lowest BCUT2D eigenvalue weighted by Crippen LogP contribution is -2.18. The molecule has 0 unspecified atom stereocenters. The molecule has 0 saturated heterocycles. The number of aromatic nitrogens is 2. The van der Waals surface area contributed by atoms with E-state index in [0.717, 1.165) is 16.5 Å². The molecule has 0 bridgehead atoms. The minimum atomic E-state index is -3.37. The van der Waals surface area contributed by atoms with E-state index in [2.05, 4.69) is 14.9 Å². The summed E-state index contributed by atoms with van der Waals surface area (Å²) in [5.74, 6) is 0.0536. The first-order valence-corrected chi connectivity index (χ1v) is 8.25. The minimum absolute atomic E-state index is 0.0536. The van der Waals surface area contributed by atoms with Crippen LogP contribution in [0.3, 0.4) is 0 Å². The van der Waals surface area contributed by atoms with Crippen LogP contribution in [0.2, 0.25) is 0 Å². The van der Waals surface area contributed by atoms with Gasteiger partial charge in [0, 0.05) is 5.39 Å². The molecule has 0 atom stereocenters. The molecule has 1 heterocycles. The third kappa shape index (κ3) is 3.41. The van der Waals surface area contributed by atoms with E-state index in [4.69, 9.17) is 0 Å². The zero-order valence-corrected chi connectivity index (χ0v) is 12.1. The third-order valence-electron chi connectivity index (χ3n) is 3.22.